The number of fused-ring (bicyclic) bond motifs is 1. The van der Waals surface area contributed by atoms with Gasteiger partial charge in [0.1, 0.15) is 6.54 Å². The third-order valence-electron chi connectivity index (χ3n) is 4.66. The van der Waals surface area contributed by atoms with E-state index in [1.165, 1.54) is 0 Å². The largest absolute Gasteiger partial charge is 0.480 e. The first kappa shape index (κ1) is 19.2. The van der Waals surface area contributed by atoms with Crippen LogP contribution in [-0.4, -0.2) is 33.4 Å². The molecule has 1 heterocycles. The molecule has 150 valence electrons. The zero-order valence-electron chi connectivity index (χ0n) is 16.1. The number of rotatable bonds is 8. The normalized spacial score (nSPS) is 10.7. The molecule has 3 aromatic carbocycles. The first-order valence-corrected chi connectivity index (χ1v) is 9.46. The molecule has 0 aliphatic rings. The molecule has 7 heteroatoms. The Morgan fingerprint density at radius 1 is 0.867 bits per heavy atom. The lowest BCUT2D eigenvalue weighted by Gasteiger charge is -2.07. The predicted molar refractivity (Wildman–Crippen MR) is 116 cm³/mol. The van der Waals surface area contributed by atoms with Gasteiger partial charge < -0.3 is 20.7 Å². The highest BCUT2D eigenvalue weighted by molar-refractivity contribution is 6.09. The Kier molecular flexibility index (Phi) is 5.43. The van der Waals surface area contributed by atoms with Crippen molar-refractivity contribution in [3.63, 3.8) is 0 Å². The number of para-hydroxylation sites is 2. The first-order chi connectivity index (χ1) is 14.6. The number of nitrogens with zero attached hydrogens (tertiary/aromatic N) is 1. The summed E-state index contributed by atoms with van der Waals surface area (Å²) in [5, 5.41) is 14.7. The molecule has 4 aromatic rings. The number of imidazole rings is 1. The highest BCUT2D eigenvalue weighted by Gasteiger charge is 2.09. The van der Waals surface area contributed by atoms with E-state index in [0.29, 0.717) is 29.3 Å². The zero-order chi connectivity index (χ0) is 20.9. The van der Waals surface area contributed by atoms with Crippen molar-refractivity contribution >= 4 is 34.4 Å². The molecule has 0 aliphatic carbocycles. The second kappa shape index (κ2) is 8.48. The number of aromatic amines is 1. The van der Waals surface area contributed by atoms with Gasteiger partial charge in [0.15, 0.2) is 5.78 Å². The number of nitrogens with one attached hydrogen (secondary N) is 3. The number of carboxylic acids is 1. The molecule has 0 bridgehead atoms. The molecule has 0 amide bonds. The van der Waals surface area contributed by atoms with Gasteiger partial charge >= 0.3 is 5.97 Å². The first-order valence-electron chi connectivity index (χ1n) is 9.46. The minimum atomic E-state index is -0.940. The molecule has 1 aromatic heterocycles. The van der Waals surface area contributed by atoms with Gasteiger partial charge in [-0.1, -0.05) is 36.4 Å². The molecular weight excluding hydrogens is 380 g/mol. The van der Waals surface area contributed by atoms with Crippen LogP contribution in [0.5, 0.6) is 0 Å². The smallest absolute Gasteiger partial charge is 0.322 e. The van der Waals surface area contributed by atoms with Crippen molar-refractivity contribution in [2.24, 2.45) is 0 Å². The van der Waals surface area contributed by atoms with Crippen LogP contribution in [0, 0.1) is 0 Å². The van der Waals surface area contributed by atoms with Crippen molar-refractivity contribution in [1.82, 2.24) is 9.97 Å². The van der Waals surface area contributed by atoms with Crippen molar-refractivity contribution in [3.05, 3.63) is 89.5 Å². The molecule has 0 atom stereocenters. The molecule has 0 radical (unpaired) electrons. The summed E-state index contributed by atoms with van der Waals surface area (Å²) in [7, 11) is 0. The van der Waals surface area contributed by atoms with Crippen LogP contribution in [0.1, 0.15) is 21.5 Å². The van der Waals surface area contributed by atoms with Gasteiger partial charge in [0.25, 0.3) is 0 Å². The Hall–Kier alpha value is -4.13. The molecule has 4 N–H and O–H groups in total. The number of H-pyrrole nitrogens is 1. The van der Waals surface area contributed by atoms with Crippen LogP contribution in [0.4, 0.5) is 11.6 Å². The summed E-state index contributed by atoms with van der Waals surface area (Å²) in [6.07, 6.45) is 0. The summed E-state index contributed by atoms with van der Waals surface area (Å²) in [6, 6.07) is 22.0. The van der Waals surface area contributed by atoms with Crippen LogP contribution in [-0.2, 0) is 11.3 Å². The van der Waals surface area contributed by atoms with Gasteiger partial charge in [0.05, 0.1) is 11.0 Å². The predicted octanol–water partition coefficient (Wildman–Crippen LogP) is 3.90. The Morgan fingerprint density at radius 3 is 2.20 bits per heavy atom. The average Bonchev–Trinajstić information content (AvgIpc) is 3.19. The maximum Gasteiger partial charge on any atom is 0.322 e. The Labute approximate surface area is 172 Å². The van der Waals surface area contributed by atoms with Crippen LogP contribution in [0.15, 0.2) is 72.8 Å². The maximum atomic E-state index is 12.7. The van der Waals surface area contributed by atoms with Gasteiger partial charge in [-0.15, -0.1) is 0 Å². The summed E-state index contributed by atoms with van der Waals surface area (Å²) in [5.41, 5.74) is 4.70. The van der Waals surface area contributed by atoms with Gasteiger partial charge in [-0.25, -0.2) is 4.98 Å². The fourth-order valence-corrected chi connectivity index (χ4v) is 3.08. The minimum Gasteiger partial charge on any atom is -0.480 e. The number of carboxylic acid groups (broad SMARTS) is 1. The number of carbonyl (C=O) groups is 2. The fourth-order valence-electron chi connectivity index (χ4n) is 3.08. The molecule has 0 fully saturated rings. The van der Waals surface area contributed by atoms with E-state index in [9.17, 15) is 9.59 Å². The van der Waals surface area contributed by atoms with Crippen molar-refractivity contribution in [2.75, 3.05) is 17.2 Å². The molecule has 7 nitrogen and oxygen atoms in total. The standard InChI is InChI=1S/C23H20N4O3/c28-21(29)14-24-18-11-9-17(10-12-18)22(30)16-7-5-15(6-8-16)13-25-23-26-19-3-1-2-4-20(19)27-23/h1-12,24H,13-14H2,(H,28,29)(H2,25,26,27). The quantitative estimate of drug-likeness (QED) is 0.334. The number of ketones is 1. The van der Waals surface area contributed by atoms with Crippen molar-refractivity contribution in [2.45, 2.75) is 6.54 Å². The van der Waals surface area contributed by atoms with Crippen molar-refractivity contribution in [3.8, 4) is 0 Å². The molecule has 0 saturated carbocycles. The van der Waals surface area contributed by atoms with E-state index in [0.717, 1.165) is 16.6 Å². The average molecular weight is 400 g/mol. The fraction of sp³-hybridized carbons (Fsp3) is 0.0870. The third kappa shape index (κ3) is 4.47. The van der Waals surface area contributed by atoms with E-state index < -0.39 is 5.97 Å². The van der Waals surface area contributed by atoms with E-state index in [2.05, 4.69) is 20.6 Å². The molecular formula is C23H20N4O3. The summed E-state index contributed by atoms with van der Waals surface area (Å²) in [6.45, 7) is 0.412. The monoisotopic (exact) mass is 400 g/mol. The van der Waals surface area contributed by atoms with Gasteiger partial charge in [-0.05, 0) is 42.0 Å². The number of carbonyl (C=O) groups excluding carboxylic acids is 1. The van der Waals surface area contributed by atoms with E-state index in [1.54, 1.807) is 36.4 Å². The van der Waals surface area contributed by atoms with E-state index in [1.807, 2.05) is 36.4 Å². The summed E-state index contributed by atoms with van der Waals surface area (Å²) in [4.78, 5) is 31.0. The topological polar surface area (TPSA) is 107 Å². The Morgan fingerprint density at radius 2 is 1.53 bits per heavy atom. The highest BCUT2D eigenvalue weighted by Crippen LogP contribution is 2.16. The Bertz CT molecular complexity index is 1150. The van der Waals surface area contributed by atoms with E-state index in [-0.39, 0.29) is 12.3 Å². The summed E-state index contributed by atoms with van der Waals surface area (Å²) in [5.74, 6) is -0.324. The number of anilines is 2. The molecule has 0 spiro atoms. The summed E-state index contributed by atoms with van der Waals surface area (Å²) >= 11 is 0. The van der Waals surface area contributed by atoms with Gasteiger partial charge in [-0.2, -0.15) is 0 Å². The van der Waals surface area contributed by atoms with Gasteiger partial charge in [-0.3, -0.25) is 9.59 Å². The second-order valence-electron chi connectivity index (χ2n) is 6.81. The van der Waals surface area contributed by atoms with E-state index in [4.69, 9.17) is 5.11 Å². The number of aromatic nitrogens is 2. The van der Waals surface area contributed by atoms with Crippen LogP contribution in [0.3, 0.4) is 0 Å². The maximum absolute atomic E-state index is 12.7. The van der Waals surface area contributed by atoms with Crippen molar-refractivity contribution < 1.29 is 14.7 Å². The molecule has 0 unspecified atom stereocenters. The number of hydrogen-bond acceptors (Lipinski definition) is 5. The molecule has 30 heavy (non-hydrogen) atoms. The van der Waals surface area contributed by atoms with Crippen LogP contribution < -0.4 is 10.6 Å². The van der Waals surface area contributed by atoms with Gasteiger partial charge in [0, 0.05) is 23.4 Å². The number of hydrogen-bond donors (Lipinski definition) is 4. The lowest BCUT2D eigenvalue weighted by molar-refractivity contribution is -0.134. The van der Waals surface area contributed by atoms with Crippen LogP contribution >= 0.6 is 0 Å². The SMILES string of the molecule is O=C(O)CNc1ccc(C(=O)c2ccc(CNc3nc4ccccc4[nH]3)cc2)cc1. The van der Waals surface area contributed by atoms with Crippen LogP contribution in [0.25, 0.3) is 11.0 Å². The van der Waals surface area contributed by atoms with Gasteiger partial charge in [0.2, 0.25) is 5.95 Å². The lowest BCUT2D eigenvalue weighted by atomic mass is 10.0. The Balaban J connectivity index is 1.37. The number of benzene rings is 3. The second-order valence-corrected chi connectivity index (χ2v) is 6.81. The third-order valence-corrected chi connectivity index (χ3v) is 4.66. The van der Waals surface area contributed by atoms with E-state index >= 15 is 0 Å². The molecule has 0 aliphatic heterocycles. The number of aliphatic carboxylic acids is 1. The highest BCUT2D eigenvalue weighted by atomic mass is 16.4. The molecule has 0 saturated heterocycles. The van der Waals surface area contributed by atoms with Crippen molar-refractivity contribution in [1.29, 1.82) is 0 Å². The molecule has 4 rings (SSSR count). The lowest BCUT2D eigenvalue weighted by Crippen LogP contribution is -2.12. The zero-order valence-corrected chi connectivity index (χ0v) is 16.1. The van der Waals surface area contributed by atoms with Crippen LogP contribution in [0.2, 0.25) is 0 Å². The summed E-state index contributed by atoms with van der Waals surface area (Å²) < 4.78 is 0. The minimum absolute atomic E-state index is 0.0865.